The van der Waals surface area contributed by atoms with Gasteiger partial charge in [0.1, 0.15) is 5.75 Å². The van der Waals surface area contributed by atoms with Gasteiger partial charge in [-0.15, -0.1) is 0 Å². The van der Waals surface area contributed by atoms with Crippen LogP contribution in [-0.4, -0.2) is 31.7 Å². The van der Waals surface area contributed by atoms with Crippen molar-refractivity contribution < 1.29 is 14.4 Å². The highest BCUT2D eigenvalue weighted by molar-refractivity contribution is 5.76. The molecule has 0 aliphatic heterocycles. The number of nitrogens with zero attached hydrogens (tertiary/aromatic N) is 1. The molecule has 0 atom stereocenters. The minimum absolute atomic E-state index is 0.0210. The average molecular weight is 251 g/mol. The van der Waals surface area contributed by atoms with E-state index in [0.29, 0.717) is 0 Å². The highest BCUT2D eigenvalue weighted by atomic mass is 16.7. The van der Waals surface area contributed by atoms with Crippen molar-refractivity contribution in [2.45, 2.75) is 26.2 Å². The van der Waals surface area contributed by atoms with Gasteiger partial charge in [0.05, 0.1) is 7.11 Å². The van der Waals surface area contributed by atoms with Gasteiger partial charge in [-0.3, -0.25) is 9.63 Å². The number of para-hydroxylation sites is 1. The van der Waals surface area contributed by atoms with Crippen LogP contribution in [0.15, 0.2) is 24.3 Å². The maximum Gasteiger partial charge on any atom is 0.283 e. The number of hydrogen-bond acceptors (Lipinski definition) is 3. The van der Waals surface area contributed by atoms with Crippen LogP contribution in [-0.2, 0) is 15.0 Å². The summed E-state index contributed by atoms with van der Waals surface area (Å²) >= 11 is 0. The van der Waals surface area contributed by atoms with E-state index in [4.69, 9.17) is 9.57 Å². The zero-order valence-corrected chi connectivity index (χ0v) is 11.7. The number of amides is 1. The molecule has 0 spiro atoms. The summed E-state index contributed by atoms with van der Waals surface area (Å²) in [7, 11) is 3.00. The first-order valence-electron chi connectivity index (χ1n) is 5.89. The molecule has 0 saturated carbocycles. The fourth-order valence-corrected chi connectivity index (χ4v) is 1.54. The fourth-order valence-electron chi connectivity index (χ4n) is 1.54. The second-order valence-corrected chi connectivity index (χ2v) is 5.11. The third kappa shape index (κ3) is 3.74. The molecule has 1 rings (SSSR count). The number of hydroxylamine groups is 2. The average Bonchev–Trinajstić information content (AvgIpc) is 2.34. The minimum atomic E-state index is -0.221. The minimum Gasteiger partial charge on any atom is -0.483 e. The van der Waals surface area contributed by atoms with E-state index in [1.54, 1.807) is 7.05 Å². The predicted octanol–water partition coefficient (Wildman–Crippen LogP) is 2.38. The lowest BCUT2D eigenvalue weighted by atomic mass is 9.86. The summed E-state index contributed by atoms with van der Waals surface area (Å²) in [5.41, 5.74) is 1.06. The summed E-state index contributed by atoms with van der Waals surface area (Å²) in [4.78, 5) is 16.4. The summed E-state index contributed by atoms with van der Waals surface area (Å²) in [6.07, 6.45) is 0. The Labute approximate surface area is 108 Å². The molecule has 0 saturated heterocycles. The summed E-state index contributed by atoms with van der Waals surface area (Å²) in [6, 6.07) is 7.76. The molecule has 18 heavy (non-hydrogen) atoms. The van der Waals surface area contributed by atoms with E-state index in [1.807, 2.05) is 24.3 Å². The molecular weight excluding hydrogens is 230 g/mol. The Balaban J connectivity index is 2.77. The number of likely N-dealkylation sites (N-methyl/N-ethyl adjacent to an activating group) is 1. The van der Waals surface area contributed by atoms with Gasteiger partial charge >= 0.3 is 0 Å². The Bertz CT molecular complexity index is 410. The van der Waals surface area contributed by atoms with Crippen molar-refractivity contribution in [1.29, 1.82) is 0 Å². The Morgan fingerprint density at radius 3 is 2.44 bits per heavy atom. The van der Waals surface area contributed by atoms with Gasteiger partial charge in [0.2, 0.25) is 0 Å². The largest absolute Gasteiger partial charge is 0.483 e. The Hall–Kier alpha value is -1.55. The SMILES string of the molecule is CON(C)C(=O)COc1ccccc1C(C)(C)C. The third-order valence-electron chi connectivity index (χ3n) is 2.67. The number of carbonyl (C=O) groups excluding carboxylic acids is 1. The first-order valence-corrected chi connectivity index (χ1v) is 5.89. The van der Waals surface area contributed by atoms with Crippen molar-refractivity contribution in [3.8, 4) is 5.75 Å². The lowest BCUT2D eigenvalue weighted by Crippen LogP contribution is -2.30. The van der Waals surface area contributed by atoms with Crippen LogP contribution < -0.4 is 4.74 Å². The van der Waals surface area contributed by atoms with Crippen molar-refractivity contribution in [3.05, 3.63) is 29.8 Å². The summed E-state index contributed by atoms with van der Waals surface area (Å²) in [5.74, 6) is 0.518. The van der Waals surface area contributed by atoms with Crippen LogP contribution >= 0.6 is 0 Å². The highest BCUT2D eigenvalue weighted by Crippen LogP contribution is 2.30. The molecule has 0 unspecified atom stereocenters. The van der Waals surface area contributed by atoms with Gasteiger partial charge < -0.3 is 4.74 Å². The van der Waals surface area contributed by atoms with Gasteiger partial charge in [-0.1, -0.05) is 39.0 Å². The second kappa shape index (κ2) is 5.87. The quantitative estimate of drug-likeness (QED) is 0.771. The van der Waals surface area contributed by atoms with E-state index in [1.165, 1.54) is 7.11 Å². The van der Waals surface area contributed by atoms with E-state index < -0.39 is 0 Å². The number of ether oxygens (including phenoxy) is 1. The van der Waals surface area contributed by atoms with Gasteiger partial charge in [0.15, 0.2) is 6.61 Å². The third-order valence-corrected chi connectivity index (χ3v) is 2.67. The van der Waals surface area contributed by atoms with Crippen molar-refractivity contribution in [2.24, 2.45) is 0 Å². The molecule has 1 aromatic carbocycles. The Morgan fingerprint density at radius 2 is 1.89 bits per heavy atom. The molecule has 0 fully saturated rings. The number of carbonyl (C=O) groups is 1. The van der Waals surface area contributed by atoms with Crippen molar-refractivity contribution in [2.75, 3.05) is 20.8 Å². The lowest BCUT2D eigenvalue weighted by Gasteiger charge is -2.23. The van der Waals surface area contributed by atoms with Gasteiger partial charge in [0, 0.05) is 7.05 Å². The molecule has 0 aliphatic rings. The number of benzene rings is 1. The maximum absolute atomic E-state index is 11.6. The van der Waals surface area contributed by atoms with E-state index in [0.717, 1.165) is 16.4 Å². The van der Waals surface area contributed by atoms with Crippen LogP contribution in [0.1, 0.15) is 26.3 Å². The first kappa shape index (κ1) is 14.5. The van der Waals surface area contributed by atoms with Gasteiger partial charge in [-0.2, -0.15) is 0 Å². The second-order valence-electron chi connectivity index (χ2n) is 5.11. The molecule has 100 valence electrons. The van der Waals surface area contributed by atoms with E-state index in [2.05, 4.69) is 20.8 Å². The van der Waals surface area contributed by atoms with Crippen LogP contribution in [0.5, 0.6) is 5.75 Å². The van der Waals surface area contributed by atoms with Crippen LogP contribution in [0.4, 0.5) is 0 Å². The van der Waals surface area contributed by atoms with Crippen LogP contribution in [0.25, 0.3) is 0 Å². The molecule has 0 heterocycles. The van der Waals surface area contributed by atoms with Crippen LogP contribution in [0.3, 0.4) is 0 Å². The Kier molecular flexibility index (Phi) is 4.73. The maximum atomic E-state index is 11.6. The van der Waals surface area contributed by atoms with E-state index in [-0.39, 0.29) is 17.9 Å². The normalized spacial score (nSPS) is 11.2. The van der Waals surface area contributed by atoms with Crippen LogP contribution in [0, 0.1) is 0 Å². The molecule has 0 N–H and O–H groups in total. The predicted molar refractivity (Wildman–Crippen MR) is 70.4 cm³/mol. The monoisotopic (exact) mass is 251 g/mol. The Morgan fingerprint density at radius 1 is 1.28 bits per heavy atom. The summed E-state index contributed by atoms with van der Waals surface area (Å²) in [5, 5.41) is 1.15. The molecule has 1 amide bonds. The standard InChI is InChI=1S/C14H21NO3/c1-14(2,3)11-8-6-7-9-12(11)18-10-13(16)15(4)17-5/h6-9H,10H2,1-5H3. The molecule has 4 heteroatoms. The van der Waals surface area contributed by atoms with Crippen LogP contribution in [0.2, 0.25) is 0 Å². The first-order chi connectivity index (χ1) is 8.36. The molecule has 0 aliphatic carbocycles. The van der Waals surface area contributed by atoms with Gasteiger partial charge in [-0.05, 0) is 17.0 Å². The molecule has 0 radical (unpaired) electrons. The molecular formula is C14H21NO3. The molecule has 0 aromatic heterocycles. The number of rotatable bonds is 4. The van der Waals surface area contributed by atoms with E-state index in [9.17, 15) is 4.79 Å². The lowest BCUT2D eigenvalue weighted by molar-refractivity contribution is -0.170. The zero-order valence-electron chi connectivity index (χ0n) is 11.7. The summed E-state index contributed by atoms with van der Waals surface area (Å²) in [6.45, 7) is 6.30. The van der Waals surface area contributed by atoms with Crippen molar-refractivity contribution in [1.82, 2.24) is 5.06 Å². The van der Waals surface area contributed by atoms with Gasteiger partial charge in [0.25, 0.3) is 5.91 Å². The van der Waals surface area contributed by atoms with Gasteiger partial charge in [-0.25, -0.2) is 5.06 Å². The van der Waals surface area contributed by atoms with Crippen molar-refractivity contribution in [3.63, 3.8) is 0 Å². The zero-order chi connectivity index (χ0) is 13.8. The molecule has 0 bridgehead atoms. The molecule has 4 nitrogen and oxygen atoms in total. The summed E-state index contributed by atoms with van der Waals surface area (Å²) < 4.78 is 5.58. The smallest absolute Gasteiger partial charge is 0.283 e. The highest BCUT2D eigenvalue weighted by Gasteiger charge is 2.19. The topological polar surface area (TPSA) is 38.8 Å². The van der Waals surface area contributed by atoms with Crippen molar-refractivity contribution >= 4 is 5.91 Å². The number of hydrogen-bond donors (Lipinski definition) is 0. The fraction of sp³-hybridized carbons (Fsp3) is 0.500. The molecule has 1 aromatic rings. The van der Waals surface area contributed by atoms with E-state index >= 15 is 0 Å².